The monoisotopic (exact) mass is 353 g/mol. The first-order valence-corrected chi connectivity index (χ1v) is 7.89. The van der Waals surface area contributed by atoms with Crippen LogP contribution in [0, 0.1) is 0 Å². The van der Waals surface area contributed by atoms with Gasteiger partial charge in [0.2, 0.25) is 5.91 Å². The van der Waals surface area contributed by atoms with E-state index in [-0.39, 0.29) is 11.8 Å². The van der Waals surface area contributed by atoms with Crippen molar-refractivity contribution in [3.8, 4) is 0 Å². The fourth-order valence-corrected chi connectivity index (χ4v) is 2.83. The second-order valence-electron chi connectivity index (χ2n) is 6.04. The maximum Gasteiger partial charge on any atom is 0.417 e. The van der Waals surface area contributed by atoms with Gasteiger partial charge in [0, 0.05) is 32.1 Å². The Kier molecular flexibility index (Phi) is 4.65. The van der Waals surface area contributed by atoms with E-state index in [0.717, 1.165) is 30.2 Å². The average Bonchev–Trinajstić information content (AvgIpc) is 3.21. The van der Waals surface area contributed by atoms with Gasteiger partial charge in [-0.3, -0.25) is 4.79 Å². The average molecular weight is 353 g/mol. The number of pyridine rings is 1. The topological polar surface area (TPSA) is 73.9 Å². The number of H-pyrrole nitrogens is 1. The van der Waals surface area contributed by atoms with Gasteiger partial charge in [-0.1, -0.05) is 0 Å². The highest BCUT2D eigenvalue weighted by molar-refractivity contribution is 5.72. The maximum atomic E-state index is 12.6. The number of carbonyl (C=O) groups excluding carboxylic acids is 1. The lowest BCUT2D eigenvalue weighted by molar-refractivity contribution is -0.137. The molecule has 25 heavy (non-hydrogen) atoms. The van der Waals surface area contributed by atoms with Crippen LogP contribution in [0.3, 0.4) is 0 Å². The number of alkyl halides is 3. The zero-order valence-electron chi connectivity index (χ0n) is 13.6. The molecular formula is C16H18F3N5O. The summed E-state index contributed by atoms with van der Waals surface area (Å²) in [6.07, 6.45) is -1.00. The van der Waals surface area contributed by atoms with Gasteiger partial charge >= 0.3 is 6.18 Å². The van der Waals surface area contributed by atoms with E-state index in [9.17, 15) is 18.0 Å². The summed E-state index contributed by atoms with van der Waals surface area (Å²) in [5.74, 6) is 1.38. The molecule has 3 heterocycles. The number of carbonyl (C=O) groups is 1. The minimum absolute atomic E-state index is 0.114. The highest BCUT2D eigenvalue weighted by atomic mass is 19.4. The molecule has 0 spiro atoms. The van der Waals surface area contributed by atoms with Crippen LogP contribution in [0.15, 0.2) is 24.5 Å². The molecule has 3 rings (SSSR count). The fourth-order valence-electron chi connectivity index (χ4n) is 2.83. The van der Waals surface area contributed by atoms with Crippen molar-refractivity contribution < 1.29 is 18.0 Å². The molecule has 0 aliphatic carbocycles. The Morgan fingerprint density at radius 2 is 2.16 bits per heavy atom. The number of hydrogen-bond donors (Lipinski definition) is 2. The Balaban J connectivity index is 1.62. The van der Waals surface area contributed by atoms with Gasteiger partial charge in [-0.25, -0.2) is 9.97 Å². The largest absolute Gasteiger partial charge is 0.417 e. The van der Waals surface area contributed by atoms with E-state index in [1.165, 1.54) is 13.0 Å². The summed E-state index contributed by atoms with van der Waals surface area (Å²) in [5, 5.41) is 2.70. The summed E-state index contributed by atoms with van der Waals surface area (Å²) >= 11 is 0. The lowest BCUT2D eigenvalue weighted by Gasteiger charge is -2.17. The summed E-state index contributed by atoms with van der Waals surface area (Å²) in [6.45, 7) is 3.17. The standard InChI is InChI=1S/C16H18F3N5O/c1-10(25)20-7-13-8-22-15(23-13)11-4-5-24(9-11)14-3-2-12(6-21-14)16(17,18)19/h2-3,6,8,11H,4-5,7,9H2,1H3,(H,20,25)(H,22,23)/t11-/m0/s1. The second-order valence-corrected chi connectivity index (χ2v) is 6.04. The molecule has 6 nitrogen and oxygen atoms in total. The van der Waals surface area contributed by atoms with Crippen LogP contribution in [0.5, 0.6) is 0 Å². The summed E-state index contributed by atoms with van der Waals surface area (Å²) in [7, 11) is 0. The van der Waals surface area contributed by atoms with E-state index >= 15 is 0 Å². The molecule has 1 aliphatic rings. The van der Waals surface area contributed by atoms with Crippen LogP contribution in [0.25, 0.3) is 0 Å². The molecule has 2 aromatic rings. The van der Waals surface area contributed by atoms with Gasteiger partial charge in [0.15, 0.2) is 0 Å². The molecule has 0 unspecified atom stereocenters. The minimum Gasteiger partial charge on any atom is -0.356 e. The lowest BCUT2D eigenvalue weighted by atomic mass is 10.1. The number of rotatable bonds is 4. The molecule has 1 atom stereocenters. The molecule has 0 radical (unpaired) electrons. The summed E-state index contributed by atoms with van der Waals surface area (Å²) in [5.41, 5.74) is 0.0666. The summed E-state index contributed by atoms with van der Waals surface area (Å²) in [4.78, 5) is 24.4. The SMILES string of the molecule is CC(=O)NCc1cnc([C@H]2CCN(c3ccc(C(F)(F)F)cn3)C2)[nH]1. The quantitative estimate of drug-likeness (QED) is 0.886. The molecule has 0 saturated carbocycles. The van der Waals surface area contributed by atoms with Crippen LogP contribution >= 0.6 is 0 Å². The number of anilines is 1. The number of imidazole rings is 1. The fraction of sp³-hybridized carbons (Fsp3) is 0.438. The predicted octanol–water partition coefficient (Wildman–Crippen LogP) is 2.45. The Morgan fingerprint density at radius 1 is 1.36 bits per heavy atom. The van der Waals surface area contributed by atoms with Gasteiger partial charge in [0.25, 0.3) is 0 Å². The molecular weight excluding hydrogens is 335 g/mol. The first-order valence-electron chi connectivity index (χ1n) is 7.89. The summed E-state index contributed by atoms with van der Waals surface area (Å²) in [6, 6.07) is 2.45. The van der Waals surface area contributed by atoms with E-state index in [1.54, 1.807) is 6.20 Å². The van der Waals surface area contributed by atoms with Gasteiger partial charge in [-0.15, -0.1) is 0 Å². The minimum atomic E-state index is -4.38. The van der Waals surface area contributed by atoms with Gasteiger partial charge < -0.3 is 15.2 Å². The molecule has 1 aliphatic heterocycles. The zero-order valence-corrected chi connectivity index (χ0v) is 13.6. The van der Waals surface area contributed by atoms with E-state index < -0.39 is 11.7 Å². The third kappa shape index (κ3) is 4.09. The number of amides is 1. The molecule has 2 N–H and O–H groups in total. The first kappa shape index (κ1) is 17.2. The Bertz CT molecular complexity index is 741. The Morgan fingerprint density at radius 3 is 2.80 bits per heavy atom. The van der Waals surface area contributed by atoms with Crippen molar-refractivity contribution in [3.05, 3.63) is 41.6 Å². The molecule has 9 heteroatoms. The molecule has 1 amide bonds. The van der Waals surface area contributed by atoms with Gasteiger partial charge in [0.1, 0.15) is 11.6 Å². The van der Waals surface area contributed by atoms with Crippen molar-refractivity contribution in [2.24, 2.45) is 0 Å². The van der Waals surface area contributed by atoms with Crippen LogP contribution in [0.4, 0.5) is 19.0 Å². The molecule has 0 bridgehead atoms. The van der Waals surface area contributed by atoms with E-state index in [0.29, 0.717) is 25.5 Å². The van der Waals surface area contributed by atoms with E-state index in [2.05, 4.69) is 20.3 Å². The van der Waals surface area contributed by atoms with Crippen LogP contribution in [-0.4, -0.2) is 33.9 Å². The van der Waals surface area contributed by atoms with Crippen molar-refractivity contribution >= 4 is 11.7 Å². The van der Waals surface area contributed by atoms with Crippen molar-refractivity contribution in [1.82, 2.24) is 20.3 Å². The number of aromatic nitrogens is 3. The lowest BCUT2D eigenvalue weighted by Crippen LogP contribution is -2.21. The first-order chi connectivity index (χ1) is 11.8. The van der Waals surface area contributed by atoms with Crippen LogP contribution in [-0.2, 0) is 17.5 Å². The van der Waals surface area contributed by atoms with Crippen molar-refractivity contribution in [3.63, 3.8) is 0 Å². The number of aromatic amines is 1. The maximum absolute atomic E-state index is 12.6. The highest BCUT2D eigenvalue weighted by Crippen LogP contribution is 2.31. The van der Waals surface area contributed by atoms with Gasteiger partial charge in [-0.2, -0.15) is 13.2 Å². The molecule has 1 saturated heterocycles. The van der Waals surface area contributed by atoms with Crippen molar-refractivity contribution in [1.29, 1.82) is 0 Å². The smallest absolute Gasteiger partial charge is 0.356 e. The number of nitrogens with zero attached hydrogens (tertiary/aromatic N) is 3. The molecule has 134 valence electrons. The highest BCUT2D eigenvalue weighted by Gasteiger charge is 2.32. The van der Waals surface area contributed by atoms with Crippen molar-refractivity contribution in [2.75, 3.05) is 18.0 Å². The number of hydrogen-bond acceptors (Lipinski definition) is 4. The third-order valence-corrected chi connectivity index (χ3v) is 4.15. The third-order valence-electron chi connectivity index (χ3n) is 4.15. The van der Waals surface area contributed by atoms with E-state index in [4.69, 9.17) is 0 Å². The number of halogens is 3. The molecule has 2 aromatic heterocycles. The normalized spacial score (nSPS) is 17.8. The summed E-state index contributed by atoms with van der Waals surface area (Å²) < 4.78 is 37.8. The number of nitrogens with one attached hydrogen (secondary N) is 2. The van der Waals surface area contributed by atoms with Crippen LogP contribution in [0.1, 0.15) is 36.3 Å². The van der Waals surface area contributed by atoms with Gasteiger partial charge in [-0.05, 0) is 18.6 Å². The van der Waals surface area contributed by atoms with Crippen molar-refractivity contribution in [2.45, 2.75) is 32.0 Å². The Labute approximate surface area is 142 Å². The second kappa shape index (κ2) is 6.73. The van der Waals surface area contributed by atoms with Gasteiger partial charge in [0.05, 0.1) is 24.0 Å². The Hall–Kier alpha value is -2.58. The van der Waals surface area contributed by atoms with Crippen LogP contribution in [0.2, 0.25) is 0 Å². The predicted molar refractivity (Wildman–Crippen MR) is 84.9 cm³/mol. The molecule has 0 aromatic carbocycles. The van der Waals surface area contributed by atoms with Crippen LogP contribution < -0.4 is 10.2 Å². The molecule has 1 fully saturated rings. The van der Waals surface area contributed by atoms with E-state index in [1.807, 2.05) is 4.90 Å². The zero-order chi connectivity index (χ0) is 18.0.